The molecule has 1 N–H and O–H groups in total. The summed E-state index contributed by atoms with van der Waals surface area (Å²) in [6.45, 7) is 0. The number of para-hydroxylation sites is 2. The third-order valence-electron chi connectivity index (χ3n) is 4.21. The number of hydrogen-bond acceptors (Lipinski definition) is 6. The predicted molar refractivity (Wildman–Crippen MR) is 103 cm³/mol. The second kappa shape index (κ2) is 7.26. The second-order valence-electron chi connectivity index (χ2n) is 6.07. The summed E-state index contributed by atoms with van der Waals surface area (Å²) in [5.74, 6) is -0.418. The van der Waals surface area contributed by atoms with E-state index in [-0.39, 0.29) is 22.3 Å². The third-order valence-corrected chi connectivity index (χ3v) is 4.54. The Labute approximate surface area is 171 Å². The minimum Gasteiger partial charge on any atom is -0.333 e. The minimum absolute atomic E-state index is 0.0643. The molecule has 0 radical (unpaired) electrons. The first-order valence-corrected chi connectivity index (χ1v) is 8.69. The van der Waals surface area contributed by atoms with Gasteiger partial charge in [0.1, 0.15) is 12.7 Å². The van der Waals surface area contributed by atoms with Gasteiger partial charge in [0.25, 0.3) is 0 Å². The zero-order valence-electron chi connectivity index (χ0n) is 14.8. The Balaban J connectivity index is 1.85. The van der Waals surface area contributed by atoms with Crippen LogP contribution in [0.4, 0.5) is 30.4 Å². The smallest absolute Gasteiger partial charge is 0.333 e. The van der Waals surface area contributed by atoms with Gasteiger partial charge in [-0.1, -0.05) is 23.7 Å². The molecule has 0 atom stereocenters. The van der Waals surface area contributed by atoms with Crippen molar-refractivity contribution in [1.82, 2.24) is 19.5 Å². The van der Waals surface area contributed by atoms with Crippen molar-refractivity contribution in [1.29, 1.82) is 0 Å². The standard InChI is InChI=1S/C18H10ClF3N6O2/c19-11-6-5-10(18(20,21)22)7-13(11)26-16-15(28(29)30)17(24-8-23-16)27-9-25-12-3-1-2-4-14(12)27/h1-9H,(H,23,24,26). The van der Waals surface area contributed by atoms with Crippen LogP contribution in [0.3, 0.4) is 0 Å². The van der Waals surface area contributed by atoms with Gasteiger partial charge < -0.3 is 5.32 Å². The molecule has 30 heavy (non-hydrogen) atoms. The van der Waals surface area contributed by atoms with E-state index in [0.29, 0.717) is 11.0 Å². The van der Waals surface area contributed by atoms with Gasteiger partial charge >= 0.3 is 11.9 Å². The van der Waals surface area contributed by atoms with Crippen LogP contribution < -0.4 is 5.32 Å². The lowest BCUT2D eigenvalue weighted by Crippen LogP contribution is -2.09. The molecule has 0 amide bonds. The van der Waals surface area contributed by atoms with E-state index in [0.717, 1.165) is 24.5 Å². The highest BCUT2D eigenvalue weighted by atomic mass is 35.5. The molecule has 0 saturated heterocycles. The molecule has 0 aliphatic carbocycles. The molecular formula is C18H10ClF3N6O2. The maximum atomic E-state index is 13.0. The van der Waals surface area contributed by atoms with Gasteiger partial charge in [-0.15, -0.1) is 0 Å². The molecule has 2 aromatic carbocycles. The summed E-state index contributed by atoms with van der Waals surface area (Å²) in [5.41, 5.74) is -0.556. The number of nitrogens with one attached hydrogen (secondary N) is 1. The highest BCUT2D eigenvalue weighted by Gasteiger charge is 2.32. The first-order chi connectivity index (χ1) is 14.3. The molecule has 152 valence electrons. The van der Waals surface area contributed by atoms with Gasteiger partial charge in [0.15, 0.2) is 0 Å². The second-order valence-corrected chi connectivity index (χ2v) is 6.48. The van der Waals surface area contributed by atoms with Crippen molar-refractivity contribution in [3.63, 3.8) is 0 Å². The Morgan fingerprint density at radius 2 is 1.87 bits per heavy atom. The first-order valence-electron chi connectivity index (χ1n) is 8.31. The number of alkyl halides is 3. The van der Waals surface area contributed by atoms with Crippen molar-refractivity contribution in [3.05, 3.63) is 75.8 Å². The summed E-state index contributed by atoms with van der Waals surface area (Å²) in [6, 6.07) is 9.52. The van der Waals surface area contributed by atoms with E-state index in [9.17, 15) is 23.3 Å². The number of halogens is 4. The third kappa shape index (κ3) is 3.50. The Bertz CT molecular complexity index is 1270. The number of aromatic nitrogens is 4. The summed E-state index contributed by atoms with van der Waals surface area (Å²) in [6.07, 6.45) is -2.19. The molecule has 0 fully saturated rings. The maximum Gasteiger partial charge on any atom is 0.416 e. The molecule has 0 spiro atoms. The lowest BCUT2D eigenvalue weighted by molar-refractivity contribution is -0.384. The molecule has 2 aromatic heterocycles. The van der Waals surface area contributed by atoms with E-state index < -0.39 is 22.4 Å². The summed E-state index contributed by atoms with van der Waals surface area (Å²) in [5, 5.41) is 14.3. The van der Waals surface area contributed by atoms with Gasteiger partial charge in [-0.2, -0.15) is 13.2 Å². The average molecular weight is 435 g/mol. The molecule has 0 unspecified atom stereocenters. The van der Waals surface area contributed by atoms with Crippen LogP contribution in [0.5, 0.6) is 0 Å². The van der Waals surface area contributed by atoms with E-state index in [1.807, 2.05) is 0 Å². The Morgan fingerprint density at radius 3 is 2.60 bits per heavy atom. The fourth-order valence-electron chi connectivity index (χ4n) is 2.86. The number of fused-ring (bicyclic) bond motifs is 1. The van der Waals surface area contributed by atoms with Crippen molar-refractivity contribution in [2.75, 3.05) is 5.32 Å². The number of anilines is 2. The van der Waals surface area contributed by atoms with Gasteiger partial charge in [0.05, 0.1) is 32.2 Å². The van der Waals surface area contributed by atoms with Crippen LogP contribution in [0.1, 0.15) is 5.56 Å². The van der Waals surface area contributed by atoms with Gasteiger partial charge in [-0.05, 0) is 30.3 Å². The van der Waals surface area contributed by atoms with Crippen molar-refractivity contribution >= 4 is 39.8 Å². The molecule has 4 rings (SSSR count). The van der Waals surface area contributed by atoms with Crippen molar-refractivity contribution in [2.45, 2.75) is 6.18 Å². The van der Waals surface area contributed by atoms with Crippen molar-refractivity contribution in [3.8, 4) is 5.82 Å². The molecule has 12 heteroatoms. The molecule has 0 aliphatic heterocycles. The minimum atomic E-state index is -4.61. The van der Waals surface area contributed by atoms with E-state index in [4.69, 9.17) is 11.6 Å². The van der Waals surface area contributed by atoms with Crippen LogP contribution >= 0.6 is 11.6 Å². The number of rotatable bonds is 4. The van der Waals surface area contributed by atoms with E-state index in [2.05, 4.69) is 20.3 Å². The molecule has 0 aliphatic rings. The highest BCUT2D eigenvalue weighted by molar-refractivity contribution is 6.33. The van der Waals surface area contributed by atoms with Gasteiger partial charge in [-0.25, -0.2) is 15.0 Å². The van der Waals surface area contributed by atoms with Crippen molar-refractivity contribution in [2.24, 2.45) is 0 Å². The van der Waals surface area contributed by atoms with Crippen LogP contribution in [-0.4, -0.2) is 24.4 Å². The van der Waals surface area contributed by atoms with Crippen LogP contribution in [0.2, 0.25) is 5.02 Å². The molecule has 4 aromatic rings. The van der Waals surface area contributed by atoms with E-state index in [1.165, 1.54) is 10.9 Å². The van der Waals surface area contributed by atoms with Crippen molar-refractivity contribution < 1.29 is 18.1 Å². The van der Waals surface area contributed by atoms with E-state index in [1.54, 1.807) is 24.3 Å². The predicted octanol–water partition coefficient (Wildman–Crippen LogP) is 5.14. The summed E-state index contributed by atoms with van der Waals surface area (Å²) in [4.78, 5) is 23.1. The number of hydrogen-bond donors (Lipinski definition) is 1. The van der Waals surface area contributed by atoms with E-state index >= 15 is 0 Å². The molecule has 8 nitrogen and oxygen atoms in total. The number of benzene rings is 2. The number of nitrogens with zero attached hydrogens (tertiary/aromatic N) is 5. The molecular weight excluding hydrogens is 425 g/mol. The van der Waals surface area contributed by atoms with Gasteiger partial charge in [0, 0.05) is 0 Å². The maximum absolute atomic E-state index is 13.0. The Morgan fingerprint density at radius 1 is 1.10 bits per heavy atom. The first kappa shape index (κ1) is 19.6. The average Bonchev–Trinajstić information content (AvgIpc) is 3.12. The lowest BCUT2D eigenvalue weighted by Gasteiger charge is -2.13. The zero-order valence-corrected chi connectivity index (χ0v) is 15.5. The summed E-state index contributed by atoms with van der Waals surface area (Å²) in [7, 11) is 0. The highest BCUT2D eigenvalue weighted by Crippen LogP contribution is 2.37. The number of imidazole rings is 1. The number of nitro groups is 1. The molecule has 2 heterocycles. The summed E-state index contributed by atoms with van der Waals surface area (Å²) >= 11 is 5.99. The molecule has 0 bridgehead atoms. The fourth-order valence-corrected chi connectivity index (χ4v) is 3.02. The van der Waals surface area contributed by atoms with Crippen LogP contribution in [-0.2, 0) is 6.18 Å². The Kier molecular flexibility index (Phi) is 4.74. The zero-order chi connectivity index (χ0) is 21.5. The molecule has 0 saturated carbocycles. The van der Waals surface area contributed by atoms with Crippen LogP contribution in [0.25, 0.3) is 16.9 Å². The Hall–Kier alpha value is -3.73. The fraction of sp³-hybridized carbons (Fsp3) is 0.0556. The van der Waals surface area contributed by atoms with Crippen LogP contribution in [0, 0.1) is 10.1 Å². The largest absolute Gasteiger partial charge is 0.416 e. The lowest BCUT2D eigenvalue weighted by atomic mass is 10.2. The monoisotopic (exact) mass is 434 g/mol. The van der Waals surface area contributed by atoms with Gasteiger partial charge in [-0.3, -0.25) is 14.7 Å². The van der Waals surface area contributed by atoms with Crippen LogP contribution in [0.15, 0.2) is 55.1 Å². The summed E-state index contributed by atoms with van der Waals surface area (Å²) < 4.78 is 40.5. The topological polar surface area (TPSA) is 98.8 Å². The quantitative estimate of drug-likeness (QED) is 0.353. The SMILES string of the molecule is O=[N+]([O-])c1c(Nc2cc(C(F)(F)F)ccc2Cl)ncnc1-n1cnc2ccccc21. The van der Waals surface area contributed by atoms with Gasteiger partial charge in [0.2, 0.25) is 11.6 Å². The normalized spacial score (nSPS) is 11.6.